The minimum atomic E-state index is -4.45. The summed E-state index contributed by atoms with van der Waals surface area (Å²) < 4.78 is 38.6. The van der Waals surface area contributed by atoms with Crippen molar-refractivity contribution >= 4 is 11.9 Å². The summed E-state index contributed by atoms with van der Waals surface area (Å²) in [6, 6.07) is 3.32. The molecular formula is C20H23F3N4O2. The van der Waals surface area contributed by atoms with Gasteiger partial charge in [-0.05, 0) is 31.8 Å². The zero-order valence-electron chi connectivity index (χ0n) is 16.3. The summed E-state index contributed by atoms with van der Waals surface area (Å²) in [6.07, 6.45) is -2.89. The van der Waals surface area contributed by atoms with Crippen molar-refractivity contribution in [3.63, 3.8) is 0 Å². The van der Waals surface area contributed by atoms with Gasteiger partial charge >= 0.3 is 12.2 Å². The number of urea groups is 1. The normalized spacial score (nSPS) is 19.7. The highest BCUT2D eigenvalue weighted by Crippen LogP contribution is 2.37. The number of amides is 3. The Kier molecular flexibility index (Phi) is 5.70. The second-order valence-electron chi connectivity index (χ2n) is 7.29. The van der Waals surface area contributed by atoms with Crippen LogP contribution in [0.3, 0.4) is 0 Å². The largest absolute Gasteiger partial charge is 0.416 e. The summed E-state index contributed by atoms with van der Waals surface area (Å²) in [6.45, 7) is 5.30. The molecule has 29 heavy (non-hydrogen) atoms. The maximum absolute atomic E-state index is 13.1. The van der Waals surface area contributed by atoms with Crippen LogP contribution >= 0.6 is 0 Å². The Hall–Kier alpha value is -2.81. The van der Waals surface area contributed by atoms with Gasteiger partial charge in [0.25, 0.3) is 5.91 Å². The second kappa shape index (κ2) is 7.90. The molecule has 6 nitrogen and oxygen atoms in total. The van der Waals surface area contributed by atoms with Crippen LogP contribution in [-0.4, -0.2) is 66.9 Å². The molecule has 2 aliphatic heterocycles. The third-order valence-corrected chi connectivity index (χ3v) is 5.00. The summed E-state index contributed by atoms with van der Waals surface area (Å²) >= 11 is 0. The third kappa shape index (κ3) is 4.14. The van der Waals surface area contributed by atoms with Crippen LogP contribution in [0.1, 0.15) is 17.2 Å². The number of halogens is 3. The molecule has 1 unspecified atom stereocenters. The van der Waals surface area contributed by atoms with Crippen LogP contribution in [0.2, 0.25) is 0 Å². The van der Waals surface area contributed by atoms with Crippen molar-refractivity contribution in [2.24, 2.45) is 0 Å². The molecule has 1 aromatic carbocycles. The van der Waals surface area contributed by atoms with Gasteiger partial charge in [0, 0.05) is 19.6 Å². The predicted molar refractivity (Wildman–Crippen MR) is 102 cm³/mol. The minimum Gasteiger partial charge on any atom is -0.332 e. The van der Waals surface area contributed by atoms with Crippen molar-refractivity contribution in [1.29, 1.82) is 0 Å². The number of benzene rings is 1. The molecule has 3 rings (SSSR count). The topological polar surface area (TPSA) is 55.9 Å². The van der Waals surface area contributed by atoms with E-state index in [1.165, 1.54) is 17.0 Å². The van der Waals surface area contributed by atoms with Gasteiger partial charge < -0.3 is 15.1 Å². The molecule has 1 aromatic rings. The fourth-order valence-corrected chi connectivity index (χ4v) is 3.49. The zero-order valence-corrected chi connectivity index (χ0v) is 16.3. The first kappa shape index (κ1) is 20.9. The van der Waals surface area contributed by atoms with Crippen molar-refractivity contribution in [2.75, 3.05) is 40.3 Å². The van der Waals surface area contributed by atoms with E-state index in [-0.39, 0.29) is 19.0 Å². The van der Waals surface area contributed by atoms with Crippen molar-refractivity contribution in [3.05, 3.63) is 59.3 Å². The summed E-state index contributed by atoms with van der Waals surface area (Å²) in [5.41, 5.74) is 0.614. The minimum absolute atomic E-state index is 0.221. The van der Waals surface area contributed by atoms with Gasteiger partial charge in [-0.3, -0.25) is 9.69 Å². The number of nitrogens with zero attached hydrogens (tertiary/aromatic N) is 3. The highest BCUT2D eigenvalue weighted by Gasteiger charge is 2.43. The van der Waals surface area contributed by atoms with Gasteiger partial charge in [-0.15, -0.1) is 6.58 Å². The number of carbonyl (C=O) groups excluding carboxylic acids is 2. The fraction of sp³-hybridized carbons (Fsp3) is 0.400. The Labute approximate surface area is 167 Å². The molecule has 0 aromatic heterocycles. The molecule has 9 heteroatoms. The molecule has 0 radical (unpaired) electrons. The van der Waals surface area contributed by atoms with Gasteiger partial charge in [-0.2, -0.15) is 13.2 Å². The van der Waals surface area contributed by atoms with Crippen LogP contribution in [0, 0.1) is 0 Å². The smallest absolute Gasteiger partial charge is 0.332 e. The SMILES string of the molecule is C=CCN1C(=O)NC(c2ccc(C(F)(F)F)cc2)C2=C1CN(CCN(C)C)C2=O. The van der Waals surface area contributed by atoms with E-state index in [9.17, 15) is 22.8 Å². The molecule has 0 saturated carbocycles. The molecule has 3 amide bonds. The van der Waals surface area contributed by atoms with Crippen molar-refractivity contribution in [2.45, 2.75) is 12.2 Å². The van der Waals surface area contributed by atoms with Crippen LogP contribution in [-0.2, 0) is 11.0 Å². The van der Waals surface area contributed by atoms with Gasteiger partial charge in [0.2, 0.25) is 0 Å². The Morgan fingerprint density at radius 2 is 1.90 bits per heavy atom. The molecule has 0 aliphatic carbocycles. The maximum Gasteiger partial charge on any atom is 0.416 e. The fourth-order valence-electron chi connectivity index (χ4n) is 3.49. The quantitative estimate of drug-likeness (QED) is 0.737. The zero-order chi connectivity index (χ0) is 21.3. The highest BCUT2D eigenvalue weighted by atomic mass is 19.4. The summed E-state index contributed by atoms with van der Waals surface area (Å²) in [5, 5.41) is 2.76. The third-order valence-electron chi connectivity index (χ3n) is 5.00. The van der Waals surface area contributed by atoms with E-state index in [4.69, 9.17) is 0 Å². The molecule has 156 valence electrons. The van der Waals surface area contributed by atoms with E-state index in [2.05, 4.69) is 11.9 Å². The molecule has 0 spiro atoms. The summed E-state index contributed by atoms with van der Waals surface area (Å²) in [5.74, 6) is -0.221. The lowest BCUT2D eigenvalue weighted by Gasteiger charge is -2.33. The van der Waals surface area contributed by atoms with E-state index in [1.54, 1.807) is 11.0 Å². The summed E-state index contributed by atoms with van der Waals surface area (Å²) in [7, 11) is 3.79. The number of rotatable bonds is 6. The average molecular weight is 408 g/mol. The Morgan fingerprint density at radius 3 is 2.45 bits per heavy atom. The van der Waals surface area contributed by atoms with Crippen molar-refractivity contribution in [3.8, 4) is 0 Å². The van der Waals surface area contributed by atoms with E-state index in [0.717, 1.165) is 12.1 Å². The van der Waals surface area contributed by atoms with E-state index >= 15 is 0 Å². The number of hydrogen-bond donors (Lipinski definition) is 1. The van der Waals surface area contributed by atoms with Gasteiger partial charge in [0.1, 0.15) is 0 Å². The Morgan fingerprint density at radius 1 is 1.24 bits per heavy atom. The van der Waals surface area contributed by atoms with Crippen LogP contribution in [0.25, 0.3) is 0 Å². The summed E-state index contributed by atoms with van der Waals surface area (Å²) in [4.78, 5) is 30.8. The number of alkyl halides is 3. The molecular weight excluding hydrogens is 385 g/mol. The average Bonchev–Trinajstić information content (AvgIpc) is 2.98. The number of carbonyl (C=O) groups is 2. The predicted octanol–water partition coefficient (Wildman–Crippen LogP) is 2.62. The lowest BCUT2D eigenvalue weighted by atomic mass is 9.94. The molecule has 1 N–H and O–H groups in total. The first-order chi connectivity index (χ1) is 13.6. The van der Waals surface area contributed by atoms with Crippen LogP contribution in [0.5, 0.6) is 0 Å². The maximum atomic E-state index is 13.1. The van der Waals surface area contributed by atoms with E-state index in [0.29, 0.717) is 29.9 Å². The van der Waals surface area contributed by atoms with E-state index < -0.39 is 23.8 Å². The Balaban J connectivity index is 1.96. The molecule has 0 bridgehead atoms. The van der Waals surface area contributed by atoms with Crippen LogP contribution < -0.4 is 5.32 Å². The monoisotopic (exact) mass is 408 g/mol. The number of hydrogen-bond acceptors (Lipinski definition) is 3. The lowest BCUT2D eigenvalue weighted by molar-refractivity contribution is -0.137. The number of likely N-dealkylation sites (N-methyl/N-ethyl adjacent to an activating group) is 1. The van der Waals surface area contributed by atoms with Gasteiger partial charge in [0.15, 0.2) is 0 Å². The lowest BCUT2D eigenvalue weighted by Crippen LogP contribution is -2.47. The van der Waals surface area contributed by atoms with E-state index in [1.807, 2.05) is 19.0 Å². The van der Waals surface area contributed by atoms with Crippen LogP contribution in [0.15, 0.2) is 48.2 Å². The molecule has 0 saturated heterocycles. The standard InChI is InChI=1S/C20H23F3N4O2/c1-4-9-27-15-12-26(11-10-25(2)3)18(28)16(15)17(24-19(27)29)13-5-7-14(8-6-13)20(21,22)23/h4-8,17H,1,9-12H2,2-3H3,(H,24,29). The van der Waals surface area contributed by atoms with Gasteiger partial charge in [-0.25, -0.2) is 4.79 Å². The molecule has 0 fully saturated rings. The number of nitrogens with one attached hydrogen (secondary N) is 1. The molecule has 2 heterocycles. The molecule has 2 aliphatic rings. The van der Waals surface area contributed by atoms with Crippen molar-refractivity contribution < 1.29 is 22.8 Å². The highest BCUT2D eigenvalue weighted by molar-refractivity contribution is 6.01. The first-order valence-corrected chi connectivity index (χ1v) is 9.16. The van der Waals surface area contributed by atoms with Crippen LogP contribution in [0.4, 0.5) is 18.0 Å². The van der Waals surface area contributed by atoms with Gasteiger partial charge in [0.05, 0.1) is 29.4 Å². The molecule has 1 atom stereocenters. The van der Waals surface area contributed by atoms with Crippen molar-refractivity contribution in [1.82, 2.24) is 20.0 Å². The first-order valence-electron chi connectivity index (χ1n) is 9.16. The second-order valence-corrected chi connectivity index (χ2v) is 7.29. The Bertz CT molecular complexity index is 846. The van der Waals surface area contributed by atoms with Gasteiger partial charge in [-0.1, -0.05) is 18.2 Å².